The van der Waals surface area contributed by atoms with Crippen molar-refractivity contribution >= 4 is 29.3 Å². The first-order valence-electron chi connectivity index (χ1n) is 6.65. The summed E-state index contributed by atoms with van der Waals surface area (Å²) in [6.45, 7) is 4.15. The molecule has 0 saturated heterocycles. The fourth-order valence-electron chi connectivity index (χ4n) is 2.20. The topological polar surface area (TPSA) is 17.1 Å². The zero-order valence-corrected chi connectivity index (χ0v) is 13.2. The van der Waals surface area contributed by atoms with Crippen LogP contribution in [0.3, 0.4) is 0 Å². The van der Waals surface area contributed by atoms with Gasteiger partial charge in [-0.15, -0.1) is 23.5 Å². The first-order valence-corrected chi connectivity index (χ1v) is 8.41. The van der Waals surface area contributed by atoms with E-state index < -0.39 is 0 Å². The molecule has 1 aliphatic heterocycles. The molecule has 0 aromatic heterocycles. The Labute approximate surface area is 128 Å². The van der Waals surface area contributed by atoms with Gasteiger partial charge in [0.15, 0.2) is 5.78 Å². The van der Waals surface area contributed by atoms with Crippen molar-refractivity contribution in [1.29, 1.82) is 0 Å². The molecule has 0 radical (unpaired) electrons. The smallest absolute Gasteiger partial charge is 0.164 e. The third-order valence-corrected chi connectivity index (χ3v) is 6.11. The number of rotatable bonds is 3. The first kappa shape index (κ1) is 13.8. The van der Waals surface area contributed by atoms with E-state index in [1.54, 1.807) is 0 Å². The molecular weight excluding hydrogens is 284 g/mol. The van der Waals surface area contributed by atoms with Gasteiger partial charge in [0, 0.05) is 21.8 Å². The largest absolute Gasteiger partial charge is 0.294 e. The minimum Gasteiger partial charge on any atom is -0.294 e. The quantitative estimate of drug-likeness (QED) is 0.734. The van der Waals surface area contributed by atoms with Gasteiger partial charge < -0.3 is 0 Å². The van der Waals surface area contributed by atoms with Crippen LogP contribution in [0.2, 0.25) is 0 Å². The molecule has 3 heteroatoms. The van der Waals surface area contributed by atoms with Crippen LogP contribution in [0.15, 0.2) is 52.3 Å². The molecule has 0 bridgehead atoms. The van der Waals surface area contributed by atoms with E-state index >= 15 is 0 Å². The third kappa shape index (κ3) is 2.94. The van der Waals surface area contributed by atoms with Crippen molar-refractivity contribution < 1.29 is 4.79 Å². The lowest BCUT2D eigenvalue weighted by Crippen LogP contribution is -2.05. The molecule has 0 spiro atoms. The SMILES string of the molecule is Cc1ccc(C(=O)C[C@H]2Sc3ccc(C)cc3S2)cc1. The van der Waals surface area contributed by atoms with E-state index in [0.717, 1.165) is 5.56 Å². The number of aryl methyl sites for hydroxylation is 2. The minimum absolute atomic E-state index is 0.236. The molecule has 0 aliphatic carbocycles. The molecule has 1 atom stereocenters. The zero-order valence-electron chi connectivity index (χ0n) is 11.6. The highest BCUT2D eigenvalue weighted by Gasteiger charge is 2.25. The molecule has 0 N–H and O–H groups in total. The molecule has 20 heavy (non-hydrogen) atoms. The Morgan fingerprint density at radius 2 is 1.60 bits per heavy atom. The monoisotopic (exact) mass is 300 g/mol. The normalized spacial score (nSPS) is 17.0. The van der Waals surface area contributed by atoms with Crippen molar-refractivity contribution in [3.63, 3.8) is 0 Å². The van der Waals surface area contributed by atoms with Crippen LogP contribution in [0.1, 0.15) is 27.9 Å². The van der Waals surface area contributed by atoms with E-state index in [4.69, 9.17) is 0 Å². The second kappa shape index (κ2) is 5.66. The second-order valence-corrected chi connectivity index (χ2v) is 7.90. The summed E-state index contributed by atoms with van der Waals surface area (Å²) < 4.78 is 0.306. The molecule has 1 aliphatic rings. The molecule has 2 aromatic carbocycles. The van der Waals surface area contributed by atoms with E-state index in [2.05, 4.69) is 25.1 Å². The predicted octanol–water partition coefficient (Wildman–Crippen LogP) is 5.10. The predicted molar refractivity (Wildman–Crippen MR) is 86.8 cm³/mol. The lowest BCUT2D eigenvalue weighted by Gasteiger charge is -2.07. The Bertz CT molecular complexity index is 647. The molecule has 0 saturated carbocycles. The minimum atomic E-state index is 0.236. The van der Waals surface area contributed by atoms with Gasteiger partial charge >= 0.3 is 0 Å². The van der Waals surface area contributed by atoms with Gasteiger partial charge in [-0.3, -0.25) is 4.79 Å². The Morgan fingerprint density at radius 1 is 0.950 bits per heavy atom. The summed E-state index contributed by atoms with van der Waals surface area (Å²) in [5, 5.41) is 0. The lowest BCUT2D eigenvalue weighted by molar-refractivity contribution is 0.0987. The van der Waals surface area contributed by atoms with E-state index in [9.17, 15) is 4.79 Å². The van der Waals surface area contributed by atoms with Crippen LogP contribution in [0, 0.1) is 13.8 Å². The van der Waals surface area contributed by atoms with Crippen molar-refractivity contribution in [3.05, 3.63) is 59.2 Å². The van der Waals surface area contributed by atoms with Gasteiger partial charge in [0.1, 0.15) is 0 Å². The molecule has 1 nitrogen and oxygen atoms in total. The number of carbonyl (C=O) groups is 1. The number of thioether (sulfide) groups is 2. The summed E-state index contributed by atoms with van der Waals surface area (Å²) in [5.41, 5.74) is 3.29. The van der Waals surface area contributed by atoms with Crippen LogP contribution in [-0.4, -0.2) is 10.4 Å². The standard InChI is InChI=1S/C17H16OS2/c1-11-3-6-13(7-4-11)14(18)10-17-19-15-8-5-12(2)9-16(15)20-17/h3-9,17H,10H2,1-2H3/t17-/m0/s1. The van der Waals surface area contributed by atoms with Gasteiger partial charge in [0.05, 0.1) is 4.58 Å². The van der Waals surface area contributed by atoms with Crippen LogP contribution in [0.25, 0.3) is 0 Å². The average molecular weight is 300 g/mol. The van der Waals surface area contributed by atoms with Crippen molar-refractivity contribution in [2.75, 3.05) is 0 Å². The highest BCUT2D eigenvalue weighted by atomic mass is 32.2. The van der Waals surface area contributed by atoms with Crippen molar-refractivity contribution in [2.24, 2.45) is 0 Å². The van der Waals surface area contributed by atoms with Gasteiger partial charge in [0.2, 0.25) is 0 Å². The molecule has 102 valence electrons. The van der Waals surface area contributed by atoms with Gasteiger partial charge in [-0.2, -0.15) is 0 Å². The first-order chi connectivity index (χ1) is 9.61. The number of benzene rings is 2. The Kier molecular flexibility index (Phi) is 3.90. The summed E-state index contributed by atoms with van der Waals surface area (Å²) in [6, 6.07) is 14.4. The molecule has 1 heterocycles. The zero-order chi connectivity index (χ0) is 14.1. The summed E-state index contributed by atoms with van der Waals surface area (Å²) in [5.74, 6) is 0.236. The van der Waals surface area contributed by atoms with Gasteiger partial charge in [-0.05, 0) is 31.5 Å². The Hall–Kier alpha value is -1.19. The van der Waals surface area contributed by atoms with E-state index in [-0.39, 0.29) is 5.78 Å². The fraction of sp³-hybridized carbons (Fsp3) is 0.235. The van der Waals surface area contributed by atoms with Crippen LogP contribution in [-0.2, 0) is 0 Å². The molecule has 2 aromatic rings. The van der Waals surface area contributed by atoms with Crippen molar-refractivity contribution in [1.82, 2.24) is 0 Å². The van der Waals surface area contributed by atoms with E-state index in [1.807, 2.05) is 54.7 Å². The van der Waals surface area contributed by atoms with Crippen LogP contribution >= 0.6 is 23.5 Å². The van der Waals surface area contributed by atoms with E-state index in [0.29, 0.717) is 11.0 Å². The summed E-state index contributed by atoms with van der Waals surface area (Å²) >= 11 is 3.63. The number of fused-ring (bicyclic) bond motifs is 1. The molecule has 0 unspecified atom stereocenters. The Balaban J connectivity index is 1.68. The second-order valence-electron chi connectivity index (χ2n) is 5.11. The lowest BCUT2D eigenvalue weighted by atomic mass is 10.1. The molecular formula is C17H16OS2. The van der Waals surface area contributed by atoms with Crippen LogP contribution < -0.4 is 0 Å². The van der Waals surface area contributed by atoms with E-state index in [1.165, 1.54) is 20.9 Å². The molecule has 0 fully saturated rings. The number of ketones is 1. The van der Waals surface area contributed by atoms with Gasteiger partial charge in [-0.1, -0.05) is 35.9 Å². The van der Waals surface area contributed by atoms with Crippen molar-refractivity contribution in [2.45, 2.75) is 34.6 Å². The Morgan fingerprint density at radius 3 is 2.35 bits per heavy atom. The summed E-state index contributed by atoms with van der Waals surface area (Å²) in [4.78, 5) is 14.9. The maximum atomic E-state index is 12.3. The maximum Gasteiger partial charge on any atom is 0.164 e. The van der Waals surface area contributed by atoms with Crippen LogP contribution in [0.4, 0.5) is 0 Å². The maximum absolute atomic E-state index is 12.3. The number of Topliss-reactive ketones (excluding diaryl/α,β-unsaturated/α-hetero) is 1. The molecule has 3 rings (SSSR count). The van der Waals surface area contributed by atoms with Crippen molar-refractivity contribution in [3.8, 4) is 0 Å². The number of carbonyl (C=O) groups excluding carboxylic acids is 1. The molecule has 0 amide bonds. The highest BCUT2D eigenvalue weighted by Crippen LogP contribution is 2.49. The average Bonchev–Trinajstić information content (AvgIpc) is 2.80. The van der Waals surface area contributed by atoms with Gasteiger partial charge in [0.25, 0.3) is 0 Å². The van der Waals surface area contributed by atoms with Gasteiger partial charge in [-0.25, -0.2) is 0 Å². The number of hydrogen-bond acceptors (Lipinski definition) is 3. The third-order valence-electron chi connectivity index (χ3n) is 3.34. The van der Waals surface area contributed by atoms with Crippen LogP contribution in [0.5, 0.6) is 0 Å². The number of hydrogen-bond donors (Lipinski definition) is 0. The fourth-order valence-corrected chi connectivity index (χ4v) is 5.10. The summed E-state index contributed by atoms with van der Waals surface area (Å²) in [7, 11) is 0. The highest BCUT2D eigenvalue weighted by molar-refractivity contribution is 8.19. The summed E-state index contributed by atoms with van der Waals surface area (Å²) in [6.07, 6.45) is 0.589.